The van der Waals surface area contributed by atoms with Crippen LogP contribution in [0, 0.1) is 0 Å². The molecule has 0 aliphatic carbocycles. The first kappa shape index (κ1) is 17.5. The summed E-state index contributed by atoms with van der Waals surface area (Å²) in [6, 6.07) is 15.8. The van der Waals surface area contributed by atoms with Gasteiger partial charge in [0.15, 0.2) is 0 Å². The highest BCUT2D eigenvalue weighted by molar-refractivity contribution is 6.43. The van der Waals surface area contributed by atoms with Crippen molar-refractivity contribution in [3.63, 3.8) is 0 Å². The standard InChI is InChI=1S/C20H16Cl3N3/c21-12-3-1-11(2-4-12)13-8-19-15(9-18(13)25-6-5-24)14-7-16(22)17(23)10-20(14)26-19/h1-4,7-10,25-26H,5-6,24H2. The van der Waals surface area contributed by atoms with Gasteiger partial charge in [-0.05, 0) is 42.0 Å². The lowest BCUT2D eigenvalue weighted by Crippen LogP contribution is -2.13. The van der Waals surface area contributed by atoms with Gasteiger partial charge in [-0.3, -0.25) is 0 Å². The Labute approximate surface area is 166 Å². The minimum atomic E-state index is 0.533. The van der Waals surface area contributed by atoms with Gasteiger partial charge >= 0.3 is 0 Å². The van der Waals surface area contributed by atoms with Crippen LogP contribution in [0.15, 0.2) is 48.5 Å². The number of nitrogens with two attached hydrogens (primary N) is 1. The fourth-order valence-electron chi connectivity index (χ4n) is 3.17. The van der Waals surface area contributed by atoms with Crippen LogP contribution in [-0.2, 0) is 0 Å². The zero-order valence-corrected chi connectivity index (χ0v) is 16.0. The van der Waals surface area contributed by atoms with Crippen LogP contribution in [0.1, 0.15) is 0 Å². The maximum Gasteiger partial charge on any atom is 0.0613 e. The van der Waals surface area contributed by atoms with Gasteiger partial charge in [0.25, 0.3) is 0 Å². The van der Waals surface area contributed by atoms with Crippen molar-refractivity contribution in [1.82, 2.24) is 4.98 Å². The summed E-state index contributed by atoms with van der Waals surface area (Å²) in [4.78, 5) is 3.43. The Morgan fingerprint density at radius 3 is 2.23 bits per heavy atom. The zero-order valence-electron chi connectivity index (χ0n) is 13.7. The first-order valence-electron chi connectivity index (χ1n) is 8.21. The monoisotopic (exact) mass is 403 g/mol. The van der Waals surface area contributed by atoms with E-state index in [0.717, 1.165) is 38.6 Å². The molecule has 4 aromatic rings. The molecule has 1 aromatic heterocycles. The zero-order chi connectivity index (χ0) is 18.3. The topological polar surface area (TPSA) is 53.8 Å². The molecular formula is C20H16Cl3N3. The van der Waals surface area contributed by atoms with E-state index < -0.39 is 0 Å². The van der Waals surface area contributed by atoms with Crippen LogP contribution in [0.4, 0.5) is 5.69 Å². The molecule has 0 aliphatic rings. The maximum absolute atomic E-state index is 6.22. The van der Waals surface area contributed by atoms with Gasteiger partial charge in [-0.25, -0.2) is 0 Å². The minimum absolute atomic E-state index is 0.533. The molecule has 0 saturated carbocycles. The van der Waals surface area contributed by atoms with Crippen LogP contribution < -0.4 is 11.1 Å². The SMILES string of the molecule is NCCNc1cc2c(cc1-c1ccc(Cl)cc1)[nH]c1cc(Cl)c(Cl)cc12. The molecule has 3 aromatic carbocycles. The van der Waals surface area contributed by atoms with E-state index in [4.69, 9.17) is 40.5 Å². The van der Waals surface area contributed by atoms with Gasteiger partial charge in [-0.2, -0.15) is 0 Å². The summed E-state index contributed by atoms with van der Waals surface area (Å²) < 4.78 is 0. The molecule has 4 rings (SSSR count). The molecular weight excluding hydrogens is 389 g/mol. The predicted octanol–water partition coefficient (Wildman–Crippen LogP) is 6.32. The largest absolute Gasteiger partial charge is 0.383 e. The van der Waals surface area contributed by atoms with E-state index in [1.165, 1.54) is 0 Å². The summed E-state index contributed by atoms with van der Waals surface area (Å²) >= 11 is 18.4. The second-order valence-corrected chi connectivity index (χ2v) is 7.35. The fraction of sp³-hybridized carbons (Fsp3) is 0.100. The number of aromatic nitrogens is 1. The average molecular weight is 405 g/mol. The van der Waals surface area contributed by atoms with Gasteiger partial charge < -0.3 is 16.0 Å². The minimum Gasteiger partial charge on any atom is -0.383 e. The van der Waals surface area contributed by atoms with Gasteiger partial charge in [0.2, 0.25) is 0 Å². The second kappa shape index (κ2) is 7.01. The van der Waals surface area contributed by atoms with E-state index in [2.05, 4.69) is 22.4 Å². The third-order valence-corrected chi connectivity index (χ3v) is 5.37. The van der Waals surface area contributed by atoms with Crippen LogP contribution in [0.2, 0.25) is 15.1 Å². The first-order valence-corrected chi connectivity index (χ1v) is 9.34. The number of hydrogen-bond acceptors (Lipinski definition) is 2. The van der Waals surface area contributed by atoms with Crippen molar-refractivity contribution < 1.29 is 0 Å². The molecule has 132 valence electrons. The maximum atomic E-state index is 6.22. The van der Waals surface area contributed by atoms with Crippen molar-refractivity contribution in [3.05, 3.63) is 63.6 Å². The second-order valence-electron chi connectivity index (χ2n) is 6.10. The molecule has 0 spiro atoms. The van der Waals surface area contributed by atoms with E-state index in [9.17, 15) is 0 Å². The summed E-state index contributed by atoms with van der Waals surface area (Å²) in [6.45, 7) is 1.23. The Hall–Kier alpha value is -1.91. The Kier molecular flexibility index (Phi) is 4.72. The third-order valence-electron chi connectivity index (χ3n) is 4.39. The molecule has 4 N–H and O–H groups in total. The van der Waals surface area contributed by atoms with Crippen LogP contribution in [0.25, 0.3) is 32.9 Å². The smallest absolute Gasteiger partial charge is 0.0613 e. The lowest BCUT2D eigenvalue weighted by atomic mass is 10.0. The van der Waals surface area contributed by atoms with Gasteiger partial charge in [-0.1, -0.05) is 46.9 Å². The predicted molar refractivity (Wildman–Crippen MR) is 114 cm³/mol. The van der Waals surface area contributed by atoms with Crippen molar-refractivity contribution in [2.24, 2.45) is 5.73 Å². The molecule has 0 saturated heterocycles. The Balaban J connectivity index is 1.97. The molecule has 0 fully saturated rings. The number of anilines is 1. The van der Waals surface area contributed by atoms with Gasteiger partial charge in [-0.15, -0.1) is 0 Å². The highest BCUT2D eigenvalue weighted by Crippen LogP contribution is 2.38. The molecule has 0 radical (unpaired) electrons. The fourth-order valence-corrected chi connectivity index (χ4v) is 3.62. The Morgan fingerprint density at radius 1 is 0.846 bits per heavy atom. The van der Waals surface area contributed by atoms with Crippen molar-refractivity contribution in [3.8, 4) is 11.1 Å². The molecule has 1 heterocycles. The Morgan fingerprint density at radius 2 is 1.50 bits per heavy atom. The van der Waals surface area contributed by atoms with E-state index in [1.54, 1.807) is 0 Å². The van der Waals surface area contributed by atoms with Crippen LogP contribution in [0.5, 0.6) is 0 Å². The molecule has 0 unspecified atom stereocenters. The summed E-state index contributed by atoms with van der Waals surface area (Å²) in [5.74, 6) is 0. The molecule has 0 amide bonds. The van der Waals surface area contributed by atoms with Gasteiger partial charge in [0, 0.05) is 51.2 Å². The number of rotatable bonds is 4. The first-order chi connectivity index (χ1) is 12.6. The summed E-state index contributed by atoms with van der Waals surface area (Å²) in [6.07, 6.45) is 0. The molecule has 6 heteroatoms. The molecule has 0 aliphatic heterocycles. The third kappa shape index (κ3) is 3.12. The van der Waals surface area contributed by atoms with Crippen molar-refractivity contribution >= 4 is 62.3 Å². The van der Waals surface area contributed by atoms with Crippen molar-refractivity contribution in [1.29, 1.82) is 0 Å². The molecule has 26 heavy (non-hydrogen) atoms. The number of halogens is 3. The quantitative estimate of drug-likeness (QED) is 0.373. The highest BCUT2D eigenvalue weighted by atomic mass is 35.5. The van der Waals surface area contributed by atoms with Gasteiger partial charge in [0.1, 0.15) is 0 Å². The average Bonchev–Trinajstić information content (AvgIpc) is 2.96. The number of fused-ring (bicyclic) bond motifs is 3. The Bertz CT molecular complexity index is 1100. The lowest BCUT2D eigenvalue weighted by molar-refractivity contribution is 1.03. The highest BCUT2D eigenvalue weighted by Gasteiger charge is 2.13. The van der Waals surface area contributed by atoms with Crippen LogP contribution in [-0.4, -0.2) is 18.1 Å². The normalized spacial score (nSPS) is 11.4. The number of aromatic amines is 1. The molecule has 3 nitrogen and oxygen atoms in total. The van der Waals surface area contributed by atoms with Crippen molar-refractivity contribution in [2.45, 2.75) is 0 Å². The van der Waals surface area contributed by atoms with Gasteiger partial charge in [0.05, 0.1) is 10.0 Å². The summed E-state index contributed by atoms with van der Waals surface area (Å²) in [5.41, 5.74) is 10.8. The number of H-pyrrole nitrogens is 1. The number of hydrogen-bond donors (Lipinski definition) is 3. The van der Waals surface area contributed by atoms with Crippen molar-refractivity contribution in [2.75, 3.05) is 18.4 Å². The lowest BCUT2D eigenvalue weighted by Gasteiger charge is -2.13. The van der Waals surface area contributed by atoms with E-state index >= 15 is 0 Å². The summed E-state index contributed by atoms with van der Waals surface area (Å²) in [5, 5.41) is 7.31. The number of benzene rings is 3. The van der Waals surface area contributed by atoms with E-state index in [1.807, 2.05) is 36.4 Å². The molecule has 0 bridgehead atoms. The van der Waals surface area contributed by atoms with E-state index in [-0.39, 0.29) is 0 Å². The van der Waals surface area contributed by atoms with Crippen LogP contribution in [0.3, 0.4) is 0 Å². The summed E-state index contributed by atoms with van der Waals surface area (Å²) in [7, 11) is 0. The van der Waals surface area contributed by atoms with Crippen LogP contribution >= 0.6 is 34.8 Å². The number of nitrogens with one attached hydrogen (secondary N) is 2. The van der Waals surface area contributed by atoms with E-state index in [0.29, 0.717) is 28.2 Å². The molecule has 0 atom stereocenters.